The molecule has 3 aromatic heterocycles. The number of hydrogen-bond donors (Lipinski definition) is 2. The third kappa shape index (κ3) is 5.04. The number of anilines is 1. The minimum absolute atomic E-state index is 0.1000. The van der Waals surface area contributed by atoms with Crippen LogP contribution in [0.1, 0.15) is 28.9 Å². The van der Waals surface area contributed by atoms with E-state index in [2.05, 4.69) is 31.7 Å². The summed E-state index contributed by atoms with van der Waals surface area (Å²) in [5, 5.41) is 8.80. The summed E-state index contributed by atoms with van der Waals surface area (Å²) < 4.78 is 13.1. The van der Waals surface area contributed by atoms with Crippen LogP contribution in [-0.4, -0.2) is 39.9 Å². The molecule has 4 heterocycles. The van der Waals surface area contributed by atoms with E-state index in [-0.39, 0.29) is 18.0 Å². The smallest absolute Gasteiger partial charge is 0.168 e. The predicted octanol–water partition coefficient (Wildman–Crippen LogP) is 4.42. The van der Waals surface area contributed by atoms with Gasteiger partial charge in [-0.2, -0.15) is 0 Å². The molecule has 33 heavy (non-hydrogen) atoms. The first-order valence-electron chi connectivity index (χ1n) is 11.1. The van der Waals surface area contributed by atoms with E-state index < -0.39 is 0 Å². The summed E-state index contributed by atoms with van der Waals surface area (Å²) in [6, 6.07) is 12.0. The molecule has 6 nitrogen and oxygen atoms in total. The molecule has 5 rings (SSSR count). The second-order valence-corrected chi connectivity index (χ2v) is 8.33. The van der Waals surface area contributed by atoms with Crippen molar-refractivity contribution in [2.45, 2.75) is 25.3 Å². The molecule has 1 fully saturated rings. The van der Waals surface area contributed by atoms with Crippen molar-refractivity contribution in [2.75, 3.05) is 18.4 Å². The number of carbonyl (C=O) groups excluding carboxylic acids is 1. The lowest BCUT2D eigenvalue weighted by Crippen LogP contribution is -2.35. The van der Waals surface area contributed by atoms with E-state index in [9.17, 15) is 9.18 Å². The van der Waals surface area contributed by atoms with E-state index in [1.165, 1.54) is 24.3 Å². The van der Waals surface area contributed by atoms with Crippen LogP contribution >= 0.6 is 0 Å². The fourth-order valence-corrected chi connectivity index (χ4v) is 4.10. The summed E-state index contributed by atoms with van der Waals surface area (Å²) in [6.07, 6.45) is 9.49. The molecular formula is C26H24FN5O. The number of piperidine rings is 1. The predicted molar refractivity (Wildman–Crippen MR) is 127 cm³/mol. The van der Waals surface area contributed by atoms with Gasteiger partial charge in [0.25, 0.3) is 0 Å². The van der Waals surface area contributed by atoms with Gasteiger partial charge in [-0.3, -0.25) is 19.7 Å². The van der Waals surface area contributed by atoms with E-state index in [1.807, 2.05) is 24.5 Å². The zero-order valence-corrected chi connectivity index (χ0v) is 18.1. The molecule has 0 amide bonds. The Balaban J connectivity index is 1.37. The highest BCUT2D eigenvalue weighted by Gasteiger charge is 2.14. The van der Waals surface area contributed by atoms with Crippen LogP contribution in [-0.2, 0) is 6.42 Å². The molecule has 0 atom stereocenters. The van der Waals surface area contributed by atoms with Crippen LogP contribution in [0.15, 0.2) is 67.3 Å². The summed E-state index contributed by atoms with van der Waals surface area (Å²) in [6.45, 7) is 2.05. The van der Waals surface area contributed by atoms with Gasteiger partial charge in [-0.15, -0.1) is 0 Å². The Morgan fingerprint density at radius 2 is 1.76 bits per heavy atom. The average molecular weight is 442 g/mol. The third-order valence-corrected chi connectivity index (χ3v) is 5.91. The lowest BCUT2D eigenvalue weighted by Gasteiger charge is -2.24. The van der Waals surface area contributed by atoms with Crippen molar-refractivity contribution in [3.63, 3.8) is 0 Å². The summed E-state index contributed by atoms with van der Waals surface area (Å²) in [5.74, 6) is -0.461. The van der Waals surface area contributed by atoms with Crippen molar-refractivity contribution >= 4 is 22.2 Å². The zero-order valence-electron chi connectivity index (χ0n) is 18.1. The fourth-order valence-electron chi connectivity index (χ4n) is 4.10. The maximum absolute atomic E-state index is 13.1. The average Bonchev–Trinajstić information content (AvgIpc) is 2.85. The van der Waals surface area contributed by atoms with Gasteiger partial charge in [-0.1, -0.05) is 0 Å². The van der Waals surface area contributed by atoms with Gasteiger partial charge in [-0.25, -0.2) is 4.39 Å². The van der Waals surface area contributed by atoms with Gasteiger partial charge >= 0.3 is 0 Å². The second kappa shape index (κ2) is 9.42. The molecule has 1 saturated heterocycles. The molecule has 0 unspecified atom stereocenters. The number of aromatic nitrogens is 3. The number of hydrogen-bond acceptors (Lipinski definition) is 6. The van der Waals surface area contributed by atoms with Gasteiger partial charge in [0.15, 0.2) is 5.78 Å². The topological polar surface area (TPSA) is 79.8 Å². The van der Waals surface area contributed by atoms with E-state index in [0.29, 0.717) is 17.3 Å². The Kier molecular flexibility index (Phi) is 6.04. The number of halogens is 1. The highest BCUT2D eigenvalue weighted by atomic mass is 19.1. The number of Topliss-reactive ketones (excluding diaryl/α,β-unsaturated/α-hetero) is 1. The lowest BCUT2D eigenvalue weighted by atomic mass is 10.0. The van der Waals surface area contributed by atoms with E-state index in [0.717, 1.165) is 53.6 Å². The molecular weight excluding hydrogens is 417 g/mol. The minimum atomic E-state index is -0.361. The maximum Gasteiger partial charge on any atom is 0.168 e. The Morgan fingerprint density at radius 1 is 0.970 bits per heavy atom. The van der Waals surface area contributed by atoms with Gasteiger partial charge < -0.3 is 10.6 Å². The van der Waals surface area contributed by atoms with Crippen LogP contribution < -0.4 is 10.6 Å². The number of nitrogens with zero attached hydrogens (tertiary/aromatic N) is 3. The third-order valence-electron chi connectivity index (χ3n) is 5.91. The number of fused-ring (bicyclic) bond motifs is 1. The van der Waals surface area contributed by atoms with Gasteiger partial charge in [0.2, 0.25) is 0 Å². The lowest BCUT2D eigenvalue weighted by molar-refractivity contribution is 0.0992. The summed E-state index contributed by atoms with van der Waals surface area (Å²) in [7, 11) is 0. The largest absolute Gasteiger partial charge is 0.381 e. The first-order valence-corrected chi connectivity index (χ1v) is 11.1. The van der Waals surface area contributed by atoms with Gasteiger partial charge in [-0.05, 0) is 73.8 Å². The van der Waals surface area contributed by atoms with E-state index in [1.54, 1.807) is 12.4 Å². The molecule has 0 radical (unpaired) electrons. The SMILES string of the molecule is O=C(Cc1cc2cc(-c3cncc(NC4CCNCC4)c3)ncc2cn1)c1ccc(F)cc1. The molecule has 1 aromatic carbocycles. The molecule has 0 saturated carbocycles. The monoisotopic (exact) mass is 441 g/mol. The molecule has 7 heteroatoms. The first-order chi connectivity index (χ1) is 16.1. The van der Waals surface area contributed by atoms with Crippen molar-refractivity contribution in [3.05, 3.63) is 84.3 Å². The summed E-state index contributed by atoms with van der Waals surface area (Å²) in [5.41, 5.74) is 3.86. The van der Waals surface area contributed by atoms with Crippen LogP contribution in [0, 0.1) is 5.82 Å². The summed E-state index contributed by atoms with van der Waals surface area (Å²) in [4.78, 5) is 26.0. The molecule has 0 bridgehead atoms. The number of ketones is 1. The molecule has 0 spiro atoms. The van der Waals surface area contributed by atoms with Gasteiger partial charge in [0.1, 0.15) is 5.82 Å². The molecule has 1 aliphatic rings. The number of carbonyl (C=O) groups is 1. The number of pyridine rings is 3. The Bertz CT molecular complexity index is 1290. The highest BCUT2D eigenvalue weighted by Crippen LogP contribution is 2.25. The molecule has 2 N–H and O–H groups in total. The maximum atomic E-state index is 13.1. The van der Waals surface area contributed by atoms with Crippen LogP contribution in [0.25, 0.3) is 22.0 Å². The first kappa shape index (κ1) is 21.2. The normalized spacial score (nSPS) is 14.3. The Morgan fingerprint density at radius 3 is 2.58 bits per heavy atom. The Labute approximate surface area is 191 Å². The van der Waals surface area contributed by atoms with Crippen molar-refractivity contribution < 1.29 is 9.18 Å². The molecule has 1 aliphatic heterocycles. The standard InChI is InChI=1S/C26H24FN5O/c27-21-3-1-17(2-4-21)26(33)12-23-9-18-11-25(31-15-20(18)14-30-23)19-10-24(16-29-13-19)32-22-5-7-28-8-6-22/h1-4,9-11,13-16,22,28,32H,5-8,12H2. The number of rotatable bonds is 6. The zero-order chi connectivity index (χ0) is 22.6. The summed E-state index contributed by atoms with van der Waals surface area (Å²) >= 11 is 0. The minimum Gasteiger partial charge on any atom is -0.381 e. The second-order valence-electron chi connectivity index (χ2n) is 8.33. The Hall–Kier alpha value is -3.71. The number of benzene rings is 1. The quantitative estimate of drug-likeness (QED) is 0.431. The van der Waals surface area contributed by atoms with Gasteiger partial charge in [0.05, 0.1) is 17.8 Å². The van der Waals surface area contributed by atoms with Crippen molar-refractivity contribution in [3.8, 4) is 11.3 Å². The van der Waals surface area contributed by atoms with E-state index in [4.69, 9.17) is 0 Å². The van der Waals surface area contributed by atoms with Crippen molar-refractivity contribution in [2.24, 2.45) is 0 Å². The van der Waals surface area contributed by atoms with Crippen LogP contribution in [0.5, 0.6) is 0 Å². The van der Waals surface area contributed by atoms with Crippen LogP contribution in [0.3, 0.4) is 0 Å². The fraction of sp³-hybridized carbons (Fsp3) is 0.231. The molecule has 0 aliphatic carbocycles. The molecule has 4 aromatic rings. The van der Waals surface area contributed by atoms with Crippen molar-refractivity contribution in [1.82, 2.24) is 20.3 Å². The van der Waals surface area contributed by atoms with Crippen LogP contribution in [0.2, 0.25) is 0 Å². The van der Waals surface area contributed by atoms with Gasteiger partial charge in [0, 0.05) is 53.0 Å². The molecule has 166 valence electrons. The van der Waals surface area contributed by atoms with Crippen LogP contribution in [0.4, 0.5) is 10.1 Å². The highest BCUT2D eigenvalue weighted by molar-refractivity contribution is 5.97. The van der Waals surface area contributed by atoms with Crippen molar-refractivity contribution in [1.29, 1.82) is 0 Å². The number of nitrogens with one attached hydrogen (secondary N) is 2. The van der Waals surface area contributed by atoms with E-state index >= 15 is 0 Å².